The van der Waals surface area contributed by atoms with Crippen LogP contribution >= 0.6 is 11.6 Å². The Morgan fingerprint density at radius 1 is 0.897 bits per heavy atom. The normalized spacial score (nSPS) is 13.6. The third-order valence-corrected chi connectivity index (χ3v) is 5.76. The van der Waals surface area contributed by atoms with Crippen molar-refractivity contribution in [3.8, 4) is 0 Å². The van der Waals surface area contributed by atoms with Gasteiger partial charge in [0.2, 0.25) is 5.24 Å². The van der Waals surface area contributed by atoms with E-state index in [-0.39, 0.29) is 29.2 Å². The second-order valence-corrected chi connectivity index (χ2v) is 9.01. The number of hydrogen-bond acceptors (Lipinski definition) is 5. The Bertz CT molecular complexity index is 490. The first-order chi connectivity index (χ1) is 13.6. The molecule has 0 heterocycles. The zero-order valence-corrected chi connectivity index (χ0v) is 19.8. The van der Waals surface area contributed by atoms with Gasteiger partial charge >= 0.3 is 11.9 Å². The van der Waals surface area contributed by atoms with Crippen LogP contribution in [0.5, 0.6) is 0 Å². The summed E-state index contributed by atoms with van der Waals surface area (Å²) in [6.45, 7) is 7.38. The highest BCUT2D eigenvalue weighted by Gasteiger charge is 2.27. The average Bonchev–Trinajstić information content (AvgIpc) is 2.64. The van der Waals surface area contributed by atoms with Gasteiger partial charge in [-0.3, -0.25) is 14.4 Å². The Balaban J connectivity index is 4.25. The van der Waals surface area contributed by atoms with Gasteiger partial charge in [-0.2, -0.15) is 0 Å². The lowest BCUT2D eigenvalue weighted by Crippen LogP contribution is -2.25. The number of unbranched alkanes of at least 4 members (excludes halogenated alkanes) is 4. The molecule has 0 rings (SSSR count). The highest BCUT2D eigenvalue weighted by Crippen LogP contribution is 2.27. The van der Waals surface area contributed by atoms with E-state index < -0.39 is 5.41 Å². The molecule has 0 spiro atoms. The number of methoxy groups -OCH3 is 1. The van der Waals surface area contributed by atoms with Crippen molar-refractivity contribution in [1.82, 2.24) is 0 Å². The van der Waals surface area contributed by atoms with Gasteiger partial charge in [0.25, 0.3) is 0 Å². The van der Waals surface area contributed by atoms with E-state index in [1.807, 2.05) is 13.8 Å². The van der Waals surface area contributed by atoms with Gasteiger partial charge in [-0.15, -0.1) is 0 Å². The van der Waals surface area contributed by atoms with E-state index in [0.717, 1.165) is 77.0 Å². The second-order valence-electron chi connectivity index (χ2n) is 8.63. The van der Waals surface area contributed by atoms with Crippen molar-refractivity contribution in [3.63, 3.8) is 0 Å². The summed E-state index contributed by atoms with van der Waals surface area (Å²) in [7, 11) is 1.41. The standard InChI is InChI=1S/C23H41ClO5/c1-6-7-9-15-20(29-18(2)25)16-12-14-19(21(24)26)13-10-8-11-17-23(3,4)22(27)28-5/h19-20H,6-17H2,1-5H3. The van der Waals surface area contributed by atoms with Crippen LogP contribution in [0, 0.1) is 11.3 Å². The van der Waals surface area contributed by atoms with E-state index in [0.29, 0.717) is 0 Å². The van der Waals surface area contributed by atoms with Crippen LogP contribution in [0.15, 0.2) is 0 Å². The molecule has 0 aliphatic heterocycles. The Kier molecular flexibility index (Phi) is 15.1. The minimum atomic E-state index is -0.472. The molecule has 0 aromatic heterocycles. The Hall–Kier alpha value is -1.10. The van der Waals surface area contributed by atoms with Crippen LogP contribution in [0.2, 0.25) is 0 Å². The molecule has 0 saturated heterocycles. The van der Waals surface area contributed by atoms with Crippen LogP contribution < -0.4 is 0 Å². The summed E-state index contributed by atoms with van der Waals surface area (Å²) in [6.07, 6.45) is 10.7. The van der Waals surface area contributed by atoms with E-state index in [1.165, 1.54) is 14.0 Å². The lowest BCUT2D eigenvalue weighted by atomic mass is 9.86. The van der Waals surface area contributed by atoms with E-state index in [4.69, 9.17) is 21.1 Å². The molecule has 0 aromatic rings. The van der Waals surface area contributed by atoms with Crippen LogP contribution in [-0.2, 0) is 23.9 Å². The van der Waals surface area contributed by atoms with Gasteiger partial charge in [0.15, 0.2) is 0 Å². The molecule has 2 atom stereocenters. The van der Waals surface area contributed by atoms with Crippen LogP contribution in [0.4, 0.5) is 0 Å². The Labute approximate surface area is 182 Å². The van der Waals surface area contributed by atoms with Crippen molar-refractivity contribution in [3.05, 3.63) is 0 Å². The Morgan fingerprint density at radius 2 is 1.48 bits per heavy atom. The number of rotatable bonds is 17. The van der Waals surface area contributed by atoms with Crippen LogP contribution in [-0.4, -0.2) is 30.4 Å². The summed E-state index contributed by atoms with van der Waals surface area (Å²) in [5.41, 5.74) is -0.472. The highest BCUT2D eigenvalue weighted by atomic mass is 35.5. The fourth-order valence-corrected chi connectivity index (χ4v) is 3.81. The van der Waals surface area contributed by atoms with Crippen LogP contribution in [0.3, 0.4) is 0 Å². The molecule has 0 aliphatic carbocycles. The molecule has 29 heavy (non-hydrogen) atoms. The first-order valence-electron chi connectivity index (χ1n) is 11.1. The van der Waals surface area contributed by atoms with Gasteiger partial charge in [-0.25, -0.2) is 0 Å². The van der Waals surface area contributed by atoms with Gasteiger partial charge in [0.05, 0.1) is 12.5 Å². The maximum Gasteiger partial charge on any atom is 0.311 e. The zero-order valence-electron chi connectivity index (χ0n) is 19.1. The summed E-state index contributed by atoms with van der Waals surface area (Å²) in [4.78, 5) is 34.8. The number of esters is 2. The predicted octanol–water partition coefficient (Wildman–Crippen LogP) is 6.20. The van der Waals surface area contributed by atoms with Crippen LogP contribution in [0.25, 0.3) is 0 Å². The quantitative estimate of drug-likeness (QED) is 0.155. The minimum absolute atomic E-state index is 0.0642. The van der Waals surface area contributed by atoms with E-state index in [1.54, 1.807) is 0 Å². The van der Waals surface area contributed by atoms with Crippen molar-refractivity contribution in [2.45, 2.75) is 111 Å². The monoisotopic (exact) mass is 432 g/mol. The first-order valence-corrected chi connectivity index (χ1v) is 11.5. The summed E-state index contributed by atoms with van der Waals surface area (Å²) in [5.74, 6) is -0.585. The van der Waals surface area contributed by atoms with Crippen molar-refractivity contribution < 1.29 is 23.9 Å². The molecule has 0 N–H and O–H groups in total. The number of halogens is 1. The van der Waals surface area contributed by atoms with Gasteiger partial charge in [0.1, 0.15) is 6.10 Å². The van der Waals surface area contributed by atoms with E-state index >= 15 is 0 Å². The lowest BCUT2D eigenvalue weighted by molar-refractivity contribution is -0.151. The largest absolute Gasteiger partial charge is 0.469 e. The lowest BCUT2D eigenvalue weighted by Gasteiger charge is -2.21. The zero-order chi connectivity index (χ0) is 22.3. The molecule has 0 saturated carbocycles. The molecule has 170 valence electrons. The number of carbonyl (C=O) groups is 3. The number of carbonyl (C=O) groups excluding carboxylic acids is 3. The maximum absolute atomic E-state index is 11.8. The smallest absolute Gasteiger partial charge is 0.311 e. The molecule has 5 nitrogen and oxygen atoms in total. The van der Waals surface area contributed by atoms with Gasteiger partial charge in [0, 0.05) is 12.8 Å². The number of hydrogen-bond donors (Lipinski definition) is 0. The SMILES string of the molecule is CCCCCC(CCCC(CCCCCC(C)(C)C(=O)OC)C(=O)Cl)OC(C)=O. The van der Waals surface area contributed by atoms with Crippen molar-refractivity contribution in [1.29, 1.82) is 0 Å². The maximum atomic E-state index is 11.8. The van der Waals surface area contributed by atoms with Crippen molar-refractivity contribution in [2.24, 2.45) is 11.3 Å². The van der Waals surface area contributed by atoms with Crippen LogP contribution in [0.1, 0.15) is 105 Å². The third kappa shape index (κ3) is 13.7. The number of ether oxygens (including phenoxy) is 2. The van der Waals surface area contributed by atoms with Gasteiger partial charge in [-0.1, -0.05) is 39.0 Å². The fourth-order valence-electron chi connectivity index (χ4n) is 3.59. The van der Waals surface area contributed by atoms with Gasteiger partial charge in [-0.05, 0) is 70.4 Å². The summed E-state index contributed by atoms with van der Waals surface area (Å²) < 4.78 is 10.2. The molecular formula is C23H41ClO5. The molecule has 0 aromatic carbocycles. The molecule has 0 radical (unpaired) electrons. The second kappa shape index (κ2) is 15.7. The Morgan fingerprint density at radius 3 is 2.03 bits per heavy atom. The highest BCUT2D eigenvalue weighted by molar-refractivity contribution is 6.63. The molecule has 0 bridgehead atoms. The molecule has 6 heteroatoms. The summed E-state index contributed by atoms with van der Waals surface area (Å²) in [5, 5.41) is -0.282. The molecule has 0 fully saturated rings. The molecule has 0 amide bonds. The molecular weight excluding hydrogens is 392 g/mol. The van der Waals surface area contributed by atoms with Crippen molar-refractivity contribution >= 4 is 28.8 Å². The predicted molar refractivity (Wildman–Crippen MR) is 117 cm³/mol. The van der Waals surface area contributed by atoms with E-state index in [2.05, 4.69) is 6.92 Å². The third-order valence-electron chi connectivity index (χ3n) is 5.45. The summed E-state index contributed by atoms with van der Waals surface area (Å²) in [6, 6.07) is 0. The summed E-state index contributed by atoms with van der Waals surface area (Å²) >= 11 is 5.81. The average molecular weight is 433 g/mol. The first kappa shape index (κ1) is 27.9. The molecule has 2 unspecified atom stereocenters. The topological polar surface area (TPSA) is 69.7 Å². The van der Waals surface area contributed by atoms with Crippen molar-refractivity contribution in [2.75, 3.05) is 7.11 Å². The minimum Gasteiger partial charge on any atom is -0.469 e. The van der Waals surface area contributed by atoms with Gasteiger partial charge < -0.3 is 9.47 Å². The fraction of sp³-hybridized carbons (Fsp3) is 0.870. The van der Waals surface area contributed by atoms with E-state index in [9.17, 15) is 14.4 Å². The molecule has 0 aliphatic rings.